The Hall–Kier alpha value is -2.70. The lowest BCUT2D eigenvalue weighted by Crippen LogP contribution is -2.40. The predicted molar refractivity (Wildman–Crippen MR) is 96.1 cm³/mol. The first-order chi connectivity index (χ1) is 12.9. The summed E-state index contributed by atoms with van der Waals surface area (Å²) in [4.78, 5) is 25.4. The second-order valence-corrected chi connectivity index (χ2v) is 6.77. The Kier molecular flexibility index (Phi) is 5.88. The van der Waals surface area contributed by atoms with Gasteiger partial charge in [-0.2, -0.15) is 8.78 Å². The first-order valence-corrected chi connectivity index (χ1v) is 8.92. The maximum atomic E-state index is 13.0. The Morgan fingerprint density at radius 2 is 1.93 bits per heavy atom. The third-order valence-electron chi connectivity index (χ3n) is 4.87. The first-order valence-electron chi connectivity index (χ1n) is 8.92. The molecule has 0 spiro atoms. The van der Waals surface area contributed by atoms with Crippen molar-refractivity contribution in [1.82, 2.24) is 4.90 Å². The number of nitrogens with zero attached hydrogens (tertiary/aromatic N) is 1. The van der Waals surface area contributed by atoms with E-state index in [-0.39, 0.29) is 29.6 Å². The summed E-state index contributed by atoms with van der Waals surface area (Å²) in [6, 6.07) is 10.2. The van der Waals surface area contributed by atoms with Gasteiger partial charge < -0.3 is 14.7 Å². The molecule has 1 N–H and O–H groups in total. The van der Waals surface area contributed by atoms with Gasteiger partial charge in [-0.05, 0) is 48.1 Å². The zero-order valence-electron chi connectivity index (χ0n) is 14.7. The molecule has 0 aliphatic carbocycles. The number of hydrogen-bond donors (Lipinski definition) is 1. The van der Waals surface area contributed by atoms with Gasteiger partial charge in [0.15, 0.2) is 0 Å². The topological polar surface area (TPSA) is 66.8 Å². The lowest BCUT2D eigenvalue weighted by molar-refractivity contribution is -0.137. The third kappa shape index (κ3) is 4.72. The van der Waals surface area contributed by atoms with Gasteiger partial charge in [0.1, 0.15) is 5.75 Å². The van der Waals surface area contributed by atoms with E-state index in [2.05, 4.69) is 4.74 Å². The summed E-state index contributed by atoms with van der Waals surface area (Å²) in [6.45, 7) is -2.08. The summed E-state index contributed by atoms with van der Waals surface area (Å²) in [6.07, 6.45) is 2.17. The number of alkyl halides is 2. The van der Waals surface area contributed by atoms with Crippen LogP contribution in [0.1, 0.15) is 36.0 Å². The average molecular weight is 377 g/mol. The van der Waals surface area contributed by atoms with Crippen molar-refractivity contribution in [3.63, 3.8) is 0 Å². The van der Waals surface area contributed by atoms with E-state index >= 15 is 0 Å². The summed E-state index contributed by atoms with van der Waals surface area (Å²) >= 11 is 0. The lowest BCUT2D eigenvalue weighted by atomic mass is 9.92. The number of halogens is 2. The highest BCUT2D eigenvalue weighted by atomic mass is 19.3. The van der Waals surface area contributed by atoms with Crippen LogP contribution in [0.3, 0.4) is 0 Å². The normalized spacial score (nSPS) is 17.3. The van der Waals surface area contributed by atoms with Crippen LogP contribution in [0.2, 0.25) is 0 Å². The number of rotatable bonds is 6. The molecule has 1 fully saturated rings. The summed E-state index contributed by atoms with van der Waals surface area (Å²) in [5.41, 5.74) is 0.105. The molecule has 3 rings (SSSR count). The van der Waals surface area contributed by atoms with Crippen molar-refractivity contribution in [2.45, 2.75) is 32.3 Å². The van der Waals surface area contributed by atoms with Crippen LogP contribution in [0.5, 0.6) is 5.75 Å². The molecular formula is C20H21F2NO4. The van der Waals surface area contributed by atoms with Gasteiger partial charge in [-0.15, -0.1) is 0 Å². The fourth-order valence-corrected chi connectivity index (χ4v) is 3.56. The number of piperidine rings is 1. The minimum absolute atomic E-state index is 0.0580. The highest BCUT2D eigenvalue weighted by molar-refractivity contribution is 6.01. The number of ether oxygens (including phenoxy) is 1. The van der Waals surface area contributed by atoms with E-state index in [1.807, 2.05) is 12.1 Å². The molecule has 2 aromatic rings. The van der Waals surface area contributed by atoms with E-state index in [9.17, 15) is 18.4 Å². The summed E-state index contributed by atoms with van der Waals surface area (Å²) in [5.74, 6) is -1.27. The zero-order chi connectivity index (χ0) is 19.4. The van der Waals surface area contributed by atoms with Crippen LogP contribution in [0.15, 0.2) is 36.4 Å². The van der Waals surface area contributed by atoms with Gasteiger partial charge >= 0.3 is 12.6 Å². The molecule has 7 heteroatoms. The van der Waals surface area contributed by atoms with E-state index in [0.29, 0.717) is 24.9 Å². The van der Waals surface area contributed by atoms with Crippen LogP contribution in [-0.2, 0) is 4.79 Å². The molecular weight excluding hydrogens is 356 g/mol. The largest absolute Gasteiger partial charge is 0.481 e. The molecule has 1 amide bonds. The fourth-order valence-electron chi connectivity index (χ4n) is 3.56. The number of aliphatic carboxylic acids is 1. The lowest BCUT2D eigenvalue weighted by Gasteiger charge is -2.33. The number of benzene rings is 2. The second-order valence-electron chi connectivity index (χ2n) is 6.77. The predicted octanol–water partition coefficient (Wildman–Crippen LogP) is 4.16. The van der Waals surface area contributed by atoms with Crippen molar-refractivity contribution >= 4 is 22.6 Å². The summed E-state index contributed by atoms with van der Waals surface area (Å²) in [7, 11) is 0. The fraction of sp³-hybridized carbons (Fsp3) is 0.400. The smallest absolute Gasteiger partial charge is 0.387 e. The molecule has 27 heavy (non-hydrogen) atoms. The van der Waals surface area contributed by atoms with Crippen LogP contribution < -0.4 is 4.74 Å². The Morgan fingerprint density at radius 3 is 2.59 bits per heavy atom. The number of carboxylic acid groups (broad SMARTS) is 1. The van der Waals surface area contributed by atoms with Crippen LogP contribution in [0.4, 0.5) is 8.78 Å². The maximum Gasteiger partial charge on any atom is 0.387 e. The molecule has 1 atom stereocenters. The minimum Gasteiger partial charge on any atom is -0.481 e. The van der Waals surface area contributed by atoms with Crippen molar-refractivity contribution in [2.24, 2.45) is 5.92 Å². The molecule has 0 bridgehead atoms. The molecule has 144 valence electrons. The molecule has 1 unspecified atom stereocenters. The van der Waals surface area contributed by atoms with Crippen LogP contribution >= 0.6 is 0 Å². The summed E-state index contributed by atoms with van der Waals surface area (Å²) < 4.78 is 30.3. The van der Waals surface area contributed by atoms with Gasteiger partial charge in [0.05, 0.1) is 5.56 Å². The van der Waals surface area contributed by atoms with E-state index in [1.54, 1.807) is 23.1 Å². The Balaban J connectivity index is 1.86. The second kappa shape index (κ2) is 8.33. The standard InChI is InChI=1S/C20H21F2NO4/c21-20(22)27-17-11-15-6-2-1-5-14(15)10-16(17)19(26)23-9-3-4-13(12-23)7-8-18(24)25/h1-2,5-6,10-11,13,20H,3-4,7-9,12H2,(H,24,25). The van der Waals surface area contributed by atoms with Crippen LogP contribution in [0, 0.1) is 5.92 Å². The van der Waals surface area contributed by atoms with Crippen LogP contribution in [-0.4, -0.2) is 41.6 Å². The Bertz CT molecular complexity index is 840. The van der Waals surface area contributed by atoms with E-state index < -0.39 is 12.6 Å². The molecule has 0 aromatic heterocycles. The highest BCUT2D eigenvalue weighted by Crippen LogP contribution is 2.30. The van der Waals surface area contributed by atoms with Crippen molar-refractivity contribution in [3.05, 3.63) is 42.0 Å². The van der Waals surface area contributed by atoms with Crippen LogP contribution in [0.25, 0.3) is 10.8 Å². The van der Waals surface area contributed by atoms with Crippen molar-refractivity contribution in [1.29, 1.82) is 0 Å². The minimum atomic E-state index is -3.03. The van der Waals surface area contributed by atoms with Gasteiger partial charge in [0.2, 0.25) is 0 Å². The highest BCUT2D eigenvalue weighted by Gasteiger charge is 2.27. The molecule has 1 heterocycles. The van der Waals surface area contributed by atoms with Crippen molar-refractivity contribution < 1.29 is 28.2 Å². The van der Waals surface area contributed by atoms with Gasteiger partial charge in [0.25, 0.3) is 5.91 Å². The van der Waals surface area contributed by atoms with E-state index in [0.717, 1.165) is 18.2 Å². The van der Waals surface area contributed by atoms with Crippen molar-refractivity contribution in [3.8, 4) is 5.75 Å². The monoisotopic (exact) mass is 377 g/mol. The molecule has 1 aliphatic heterocycles. The van der Waals surface area contributed by atoms with Crippen molar-refractivity contribution in [2.75, 3.05) is 13.1 Å². The number of carbonyl (C=O) groups excluding carboxylic acids is 1. The number of amides is 1. The SMILES string of the molecule is O=C(O)CCC1CCCN(C(=O)c2cc3ccccc3cc2OC(F)F)C1. The molecule has 1 aliphatic rings. The Labute approximate surface area is 155 Å². The number of carbonyl (C=O) groups is 2. The molecule has 0 saturated carbocycles. The number of carboxylic acids is 1. The molecule has 5 nitrogen and oxygen atoms in total. The maximum absolute atomic E-state index is 13.0. The Morgan fingerprint density at radius 1 is 1.22 bits per heavy atom. The summed E-state index contributed by atoms with van der Waals surface area (Å²) in [5, 5.41) is 10.3. The number of hydrogen-bond acceptors (Lipinski definition) is 3. The van der Waals surface area contributed by atoms with E-state index in [1.165, 1.54) is 6.07 Å². The molecule has 1 saturated heterocycles. The quantitative estimate of drug-likeness (QED) is 0.821. The number of likely N-dealkylation sites (tertiary alicyclic amines) is 1. The van der Waals surface area contributed by atoms with E-state index in [4.69, 9.17) is 5.11 Å². The van der Waals surface area contributed by atoms with Gasteiger partial charge in [-0.1, -0.05) is 24.3 Å². The molecule has 0 radical (unpaired) electrons. The zero-order valence-corrected chi connectivity index (χ0v) is 14.7. The first kappa shape index (κ1) is 19.1. The number of fused-ring (bicyclic) bond motifs is 1. The van der Waals surface area contributed by atoms with Gasteiger partial charge in [-0.3, -0.25) is 9.59 Å². The van der Waals surface area contributed by atoms with Gasteiger partial charge in [0, 0.05) is 19.5 Å². The average Bonchev–Trinajstić information content (AvgIpc) is 2.65. The molecule has 2 aromatic carbocycles. The van der Waals surface area contributed by atoms with Gasteiger partial charge in [-0.25, -0.2) is 0 Å². The third-order valence-corrected chi connectivity index (χ3v) is 4.87.